The van der Waals surface area contributed by atoms with E-state index in [-0.39, 0.29) is 17.9 Å². The van der Waals surface area contributed by atoms with Crippen molar-refractivity contribution >= 4 is 17.3 Å². The molecule has 1 aliphatic heterocycles. The van der Waals surface area contributed by atoms with Gasteiger partial charge in [0.2, 0.25) is 5.91 Å². The van der Waals surface area contributed by atoms with E-state index in [2.05, 4.69) is 10.6 Å². The van der Waals surface area contributed by atoms with Gasteiger partial charge in [0.1, 0.15) is 0 Å². The van der Waals surface area contributed by atoms with Crippen LogP contribution in [0.15, 0.2) is 24.3 Å². The molecule has 2 aliphatic rings. The molecule has 0 radical (unpaired) electrons. The molecule has 1 aromatic rings. The lowest BCUT2D eigenvalue weighted by Gasteiger charge is -2.35. The molecule has 0 spiro atoms. The maximum atomic E-state index is 11.8. The van der Waals surface area contributed by atoms with Crippen LogP contribution in [0, 0.1) is 5.92 Å². The Bertz CT molecular complexity index is 516. The van der Waals surface area contributed by atoms with Crippen LogP contribution in [0.25, 0.3) is 0 Å². The molecule has 21 heavy (non-hydrogen) atoms. The molecular weight excluding hydrogens is 268 g/mol. The van der Waals surface area contributed by atoms with E-state index in [0.717, 1.165) is 24.2 Å². The summed E-state index contributed by atoms with van der Waals surface area (Å²) in [6, 6.07) is 7.88. The summed E-state index contributed by atoms with van der Waals surface area (Å²) in [6.45, 7) is 5.03. The molecule has 1 amide bonds. The minimum absolute atomic E-state index is 0.118. The number of amides is 1. The zero-order valence-electron chi connectivity index (χ0n) is 12.5. The molecule has 3 rings (SSSR count). The van der Waals surface area contributed by atoms with Crippen molar-refractivity contribution in [3.05, 3.63) is 24.3 Å². The topological polar surface area (TPSA) is 59.6 Å². The highest BCUT2D eigenvalue weighted by Gasteiger charge is 2.30. The van der Waals surface area contributed by atoms with Crippen molar-refractivity contribution in [2.45, 2.75) is 38.5 Å². The molecule has 5 heteroatoms. The van der Waals surface area contributed by atoms with Crippen LogP contribution in [0.3, 0.4) is 0 Å². The van der Waals surface area contributed by atoms with Crippen LogP contribution in [-0.2, 0) is 14.3 Å². The predicted octanol–water partition coefficient (Wildman–Crippen LogP) is 2.60. The van der Waals surface area contributed by atoms with Gasteiger partial charge in [0, 0.05) is 17.3 Å². The Kier molecular flexibility index (Phi) is 3.87. The monoisotopic (exact) mass is 290 g/mol. The maximum Gasteiger partial charge on any atom is 0.227 e. The van der Waals surface area contributed by atoms with Crippen molar-refractivity contribution in [3.8, 4) is 0 Å². The average molecular weight is 290 g/mol. The first-order valence-corrected chi connectivity index (χ1v) is 7.47. The summed E-state index contributed by atoms with van der Waals surface area (Å²) in [4.78, 5) is 11.8. The first-order chi connectivity index (χ1) is 10.0. The lowest BCUT2D eigenvalue weighted by Crippen LogP contribution is -2.45. The van der Waals surface area contributed by atoms with Gasteiger partial charge >= 0.3 is 0 Å². The van der Waals surface area contributed by atoms with E-state index < -0.39 is 5.79 Å². The van der Waals surface area contributed by atoms with Crippen LogP contribution in [0.5, 0.6) is 0 Å². The zero-order valence-corrected chi connectivity index (χ0v) is 12.5. The standard InChI is InChI=1S/C16H22N2O3/c1-16(2)20-9-14(10-21-16)17-12-4-3-5-13(8-12)18-15(19)11-6-7-11/h3-5,8,11,14,17H,6-7,9-10H2,1-2H3,(H,18,19). The Morgan fingerprint density at radius 1 is 1.19 bits per heavy atom. The smallest absolute Gasteiger partial charge is 0.227 e. The Morgan fingerprint density at radius 2 is 1.86 bits per heavy atom. The molecule has 0 unspecified atom stereocenters. The molecule has 1 saturated heterocycles. The second-order valence-corrected chi connectivity index (χ2v) is 6.21. The molecule has 2 N–H and O–H groups in total. The SMILES string of the molecule is CC1(C)OCC(Nc2cccc(NC(=O)C3CC3)c2)CO1. The quantitative estimate of drug-likeness (QED) is 0.895. The van der Waals surface area contributed by atoms with E-state index in [9.17, 15) is 4.79 Å². The molecule has 0 bridgehead atoms. The highest BCUT2D eigenvalue weighted by molar-refractivity contribution is 5.94. The van der Waals surface area contributed by atoms with Crippen molar-refractivity contribution in [1.82, 2.24) is 0 Å². The van der Waals surface area contributed by atoms with Crippen LogP contribution in [-0.4, -0.2) is 30.9 Å². The average Bonchev–Trinajstić information content (AvgIpc) is 3.26. The number of anilines is 2. The highest BCUT2D eigenvalue weighted by atomic mass is 16.7. The van der Waals surface area contributed by atoms with Crippen LogP contribution >= 0.6 is 0 Å². The van der Waals surface area contributed by atoms with Gasteiger partial charge in [-0.05, 0) is 44.9 Å². The van der Waals surface area contributed by atoms with Crippen LogP contribution in [0.2, 0.25) is 0 Å². The van der Waals surface area contributed by atoms with E-state index in [1.165, 1.54) is 0 Å². The molecule has 1 heterocycles. The van der Waals surface area contributed by atoms with Crippen molar-refractivity contribution in [3.63, 3.8) is 0 Å². The van der Waals surface area contributed by atoms with E-state index in [0.29, 0.717) is 13.2 Å². The minimum atomic E-state index is -0.502. The van der Waals surface area contributed by atoms with Gasteiger partial charge < -0.3 is 20.1 Å². The van der Waals surface area contributed by atoms with Crippen molar-refractivity contribution in [1.29, 1.82) is 0 Å². The largest absolute Gasteiger partial charge is 0.378 e. The number of carbonyl (C=O) groups is 1. The second-order valence-electron chi connectivity index (χ2n) is 6.21. The maximum absolute atomic E-state index is 11.8. The fraction of sp³-hybridized carbons (Fsp3) is 0.562. The van der Waals surface area contributed by atoms with Gasteiger partial charge in [-0.25, -0.2) is 0 Å². The third-order valence-electron chi connectivity index (χ3n) is 3.71. The summed E-state index contributed by atoms with van der Waals surface area (Å²) in [7, 11) is 0. The lowest BCUT2D eigenvalue weighted by molar-refractivity contribution is -0.247. The van der Waals surface area contributed by atoms with Gasteiger partial charge in [-0.2, -0.15) is 0 Å². The molecule has 0 atom stereocenters. The third kappa shape index (κ3) is 3.95. The molecule has 0 aromatic heterocycles. The fourth-order valence-corrected chi connectivity index (χ4v) is 2.29. The third-order valence-corrected chi connectivity index (χ3v) is 3.71. The Hall–Kier alpha value is -1.59. The normalized spacial score (nSPS) is 21.8. The summed E-state index contributed by atoms with van der Waals surface area (Å²) >= 11 is 0. The van der Waals surface area contributed by atoms with E-state index >= 15 is 0 Å². The van der Waals surface area contributed by atoms with Gasteiger partial charge in [0.25, 0.3) is 0 Å². The lowest BCUT2D eigenvalue weighted by atomic mass is 10.2. The Balaban J connectivity index is 1.57. The van der Waals surface area contributed by atoms with E-state index in [4.69, 9.17) is 9.47 Å². The number of carbonyl (C=O) groups excluding carboxylic acids is 1. The van der Waals surface area contributed by atoms with Crippen LogP contribution in [0.4, 0.5) is 11.4 Å². The second kappa shape index (κ2) is 5.66. The molecule has 114 valence electrons. The Labute approximate surface area is 125 Å². The van der Waals surface area contributed by atoms with E-state index in [1.54, 1.807) is 0 Å². The zero-order chi connectivity index (χ0) is 14.9. The fourth-order valence-electron chi connectivity index (χ4n) is 2.29. The summed E-state index contributed by atoms with van der Waals surface area (Å²) < 4.78 is 11.3. The first-order valence-electron chi connectivity index (χ1n) is 7.47. The number of rotatable bonds is 4. The summed E-state index contributed by atoms with van der Waals surface area (Å²) in [5.41, 5.74) is 1.79. The van der Waals surface area contributed by atoms with Crippen molar-refractivity contribution < 1.29 is 14.3 Å². The number of nitrogens with one attached hydrogen (secondary N) is 2. The number of hydrogen-bond acceptors (Lipinski definition) is 4. The van der Waals surface area contributed by atoms with Crippen LogP contribution in [0.1, 0.15) is 26.7 Å². The van der Waals surface area contributed by atoms with Gasteiger partial charge in [0.15, 0.2) is 5.79 Å². The summed E-state index contributed by atoms with van der Waals surface area (Å²) in [5, 5.41) is 6.33. The molecule has 1 aromatic carbocycles. The van der Waals surface area contributed by atoms with Gasteiger partial charge in [-0.15, -0.1) is 0 Å². The number of hydrogen-bond donors (Lipinski definition) is 2. The first kappa shape index (κ1) is 14.4. The van der Waals surface area contributed by atoms with Crippen molar-refractivity contribution in [2.75, 3.05) is 23.8 Å². The minimum Gasteiger partial charge on any atom is -0.378 e. The summed E-state index contributed by atoms with van der Waals surface area (Å²) in [5.74, 6) is -0.166. The van der Waals surface area contributed by atoms with Crippen molar-refractivity contribution in [2.24, 2.45) is 5.92 Å². The molecule has 1 saturated carbocycles. The van der Waals surface area contributed by atoms with Gasteiger partial charge in [-0.3, -0.25) is 4.79 Å². The van der Waals surface area contributed by atoms with Crippen LogP contribution < -0.4 is 10.6 Å². The van der Waals surface area contributed by atoms with E-state index in [1.807, 2.05) is 38.1 Å². The molecule has 5 nitrogen and oxygen atoms in total. The van der Waals surface area contributed by atoms with Gasteiger partial charge in [0.05, 0.1) is 19.3 Å². The summed E-state index contributed by atoms with van der Waals surface area (Å²) in [6.07, 6.45) is 2.02. The number of benzene rings is 1. The predicted molar refractivity (Wildman–Crippen MR) is 81.2 cm³/mol. The molecule has 2 fully saturated rings. The number of ether oxygens (including phenoxy) is 2. The molecule has 1 aliphatic carbocycles. The Morgan fingerprint density at radius 3 is 2.52 bits per heavy atom. The molecular formula is C16H22N2O3. The van der Waals surface area contributed by atoms with Gasteiger partial charge in [-0.1, -0.05) is 6.07 Å². The highest BCUT2D eigenvalue weighted by Crippen LogP contribution is 2.30.